The molecule has 0 radical (unpaired) electrons. The van der Waals surface area contributed by atoms with E-state index in [1.54, 1.807) is 0 Å². The van der Waals surface area contributed by atoms with E-state index < -0.39 is 21.9 Å². The zero-order chi connectivity index (χ0) is 15.1. The first-order valence-electron chi connectivity index (χ1n) is 5.61. The molecule has 1 aromatic carbocycles. The SMILES string of the molecule is O=C(O)[C@@H]1CCN(S(=O)(=O)c2c(Cl)cc(Cl)cc2Cl)C1. The summed E-state index contributed by atoms with van der Waals surface area (Å²) in [5.41, 5.74) is 0. The lowest BCUT2D eigenvalue weighted by Crippen LogP contribution is -2.30. The lowest BCUT2D eigenvalue weighted by atomic mass is 10.1. The van der Waals surface area contributed by atoms with E-state index in [1.807, 2.05) is 0 Å². The van der Waals surface area contributed by atoms with E-state index in [4.69, 9.17) is 39.9 Å². The van der Waals surface area contributed by atoms with Crippen molar-refractivity contribution < 1.29 is 18.3 Å². The minimum atomic E-state index is -3.94. The van der Waals surface area contributed by atoms with Crippen LogP contribution in [-0.2, 0) is 14.8 Å². The second-order valence-electron chi connectivity index (χ2n) is 4.39. The number of aliphatic carboxylic acids is 1. The molecule has 9 heteroatoms. The van der Waals surface area contributed by atoms with Crippen LogP contribution in [0.4, 0.5) is 0 Å². The van der Waals surface area contributed by atoms with Gasteiger partial charge in [-0.1, -0.05) is 34.8 Å². The average molecular weight is 359 g/mol. The van der Waals surface area contributed by atoms with Gasteiger partial charge in [-0.25, -0.2) is 8.42 Å². The van der Waals surface area contributed by atoms with Gasteiger partial charge in [-0.15, -0.1) is 0 Å². The second kappa shape index (κ2) is 5.69. The van der Waals surface area contributed by atoms with Crippen LogP contribution in [0.3, 0.4) is 0 Å². The summed E-state index contributed by atoms with van der Waals surface area (Å²) in [5, 5.41) is 8.98. The van der Waals surface area contributed by atoms with Crippen LogP contribution in [0.5, 0.6) is 0 Å². The van der Waals surface area contributed by atoms with Crippen LogP contribution in [0, 0.1) is 5.92 Å². The maximum Gasteiger partial charge on any atom is 0.307 e. The molecule has 0 saturated carbocycles. The zero-order valence-corrected chi connectivity index (χ0v) is 13.1. The van der Waals surface area contributed by atoms with E-state index in [9.17, 15) is 13.2 Å². The van der Waals surface area contributed by atoms with Gasteiger partial charge in [0.25, 0.3) is 0 Å². The third-order valence-corrected chi connectivity index (χ3v) is 6.07. The van der Waals surface area contributed by atoms with Crippen molar-refractivity contribution in [3.8, 4) is 0 Å². The molecule has 110 valence electrons. The minimum absolute atomic E-state index is 0.0822. The van der Waals surface area contributed by atoms with Gasteiger partial charge in [0.05, 0.1) is 16.0 Å². The molecular formula is C11H10Cl3NO4S. The molecule has 1 aliphatic heterocycles. The van der Waals surface area contributed by atoms with Crippen molar-refractivity contribution in [3.05, 3.63) is 27.2 Å². The molecule has 0 aromatic heterocycles. The van der Waals surface area contributed by atoms with Gasteiger partial charge < -0.3 is 5.11 Å². The van der Waals surface area contributed by atoms with Gasteiger partial charge in [0.2, 0.25) is 10.0 Å². The molecule has 2 rings (SSSR count). The largest absolute Gasteiger partial charge is 0.481 e. The molecule has 0 bridgehead atoms. The third kappa shape index (κ3) is 2.89. The molecule has 5 nitrogen and oxygen atoms in total. The highest BCUT2D eigenvalue weighted by Gasteiger charge is 2.37. The van der Waals surface area contributed by atoms with E-state index in [1.165, 1.54) is 12.1 Å². The summed E-state index contributed by atoms with van der Waals surface area (Å²) in [7, 11) is -3.94. The van der Waals surface area contributed by atoms with Crippen molar-refractivity contribution in [1.82, 2.24) is 4.31 Å². The monoisotopic (exact) mass is 357 g/mol. The Balaban J connectivity index is 2.40. The minimum Gasteiger partial charge on any atom is -0.481 e. The summed E-state index contributed by atoms with van der Waals surface area (Å²) in [6, 6.07) is 2.57. The normalized spacial score (nSPS) is 20.2. The van der Waals surface area contributed by atoms with E-state index in [0.717, 1.165) is 4.31 Å². The Morgan fingerprint density at radius 3 is 2.25 bits per heavy atom. The summed E-state index contributed by atoms with van der Waals surface area (Å²) in [5.74, 6) is -1.73. The Labute approximate surface area is 131 Å². The van der Waals surface area contributed by atoms with Crippen LogP contribution in [0.2, 0.25) is 15.1 Å². The Morgan fingerprint density at radius 1 is 1.25 bits per heavy atom. The first-order valence-corrected chi connectivity index (χ1v) is 8.18. The molecule has 0 spiro atoms. The van der Waals surface area contributed by atoms with Crippen molar-refractivity contribution in [1.29, 1.82) is 0 Å². The molecule has 1 heterocycles. The van der Waals surface area contributed by atoms with Gasteiger partial charge >= 0.3 is 5.97 Å². The number of carboxylic acids is 1. The predicted molar refractivity (Wildman–Crippen MR) is 76.0 cm³/mol. The van der Waals surface area contributed by atoms with Crippen molar-refractivity contribution in [2.75, 3.05) is 13.1 Å². The van der Waals surface area contributed by atoms with Crippen molar-refractivity contribution in [2.24, 2.45) is 5.92 Å². The Bertz CT molecular complexity index is 639. The number of rotatable bonds is 3. The highest BCUT2D eigenvalue weighted by molar-refractivity contribution is 7.89. The summed E-state index contributed by atoms with van der Waals surface area (Å²) < 4.78 is 26.0. The Hall–Kier alpha value is -0.530. The van der Waals surface area contributed by atoms with E-state index in [0.29, 0.717) is 0 Å². The quantitative estimate of drug-likeness (QED) is 0.901. The second-order valence-corrected chi connectivity index (χ2v) is 7.51. The topological polar surface area (TPSA) is 74.7 Å². The number of hydrogen-bond acceptors (Lipinski definition) is 3. The first-order chi connectivity index (χ1) is 9.23. The molecule has 1 aromatic rings. The predicted octanol–water partition coefficient (Wildman–Crippen LogP) is 2.74. The highest BCUT2D eigenvalue weighted by atomic mass is 35.5. The van der Waals surface area contributed by atoms with Crippen LogP contribution in [-0.4, -0.2) is 36.9 Å². The molecule has 1 fully saturated rings. The number of carbonyl (C=O) groups is 1. The number of nitrogens with zero attached hydrogens (tertiary/aromatic N) is 1. The van der Waals surface area contributed by atoms with Gasteiger partial charge in [-0.2, -0.15) is 4.31 Å². The number of halogens is 3. The van der Waals surface area contributed by atoms with E-state index in [-0.39, 0.29) is 39.5 Å². The highest BCUT2D eigenvalue weighted by Crippen LogP contribution is 2.36. The lowest BCUT2D eigenvalue weighted by Gasteiger charge is -2.18. The maximum atomic E-state index is 12.5. The zero-order valence-electron chi connectivity index (χ0n) is 10.0. The molecule has 1 atom stereocenters. The van der Waals surface area contributed by atoms with Crippen LogP contribution >= 0.6 is 34.8 Å². The van der Waals surface area contributed by atoms with E-state index in [2.05, 4.69) is 0 Å². The van der Waals surface area contributed by atoms with Crippen LogP contribution in [0.1, 0.15) is 6.42 Å². The lowest BCUT2D eigenvalue weighted by molar-refractivity contribution is -0.141. The Kier molecular flexibility index (Phi) is 4.51. The van der Waals surface area contributed by atoms with Gasteiger partial charge in [0.15, 0.2) is 0 Å². The number of carboxylic acid groups (broad SMARTS) is 1. The number of hydrogen-bond donors (Lipinski definition) is 1. The smallest absolute Gasteiger partial charge is 0.307 e. The van der Waals surface area contributed by atoms with Crippen LogP contribution in [0.25, 0.3) is 0 Å². The third-order valence-electron chi connectivity index (χ3n) is 3.06. The van der Waals surface area contributed by atoms with Crippen molar-refractivity contribution in [2.45, 2.75) is 11.3 Å². The number of benzene rings is 1. The van der Waals surface area contributed by atoms with Gasteiger partial charge in [-0.3, -0.25) is 4.79 Å². The van der Waals surface area contributed by atoms with Gasteiger partial charge in [0, 0.05) is 18.1 Å². The summed E-state index contributed by atoms with van der Waals surface area (Å²) in [6.07, 6.45) is 0.261. The molecule has 0 unspecified atom stereocenters. The van der Waals surface area contributed by atoms with E-state index >= 15 is 0 Å². The maximum absolute atomic E-state index is 12.5. The summed E-state index contributed by atoms with van der Waals surface area (Å²) in [4.78, 5) is 10.7. The molecule has 1 N–H and O–H groups in total. The average Bonchev–Trinajstić information content (AvgIpc) is 2.76. The van der Waals surface area contributed by atoms with Gasteiger partial charge in [0.1, 0.15) is 4.90 Å². The Morgan fingerprint density at radius 2 is 1.80 bits per heavy atom. The summed E-state index contributed by atoms with van der Waals surface area (Å²) in [6.45, 7) is 0.0293. The van der Waals surface area contributed by atoms with Gasteiger partial charge in [-0.05, 0) is 18.6 Å². The molecule has 0 aliphatic carbocycles. The fraction of sp³-hybridized carbons (Fsp3) is 0.364. The van der Waals surface area contributed by atoms with Crippen molar-refractivity contribution in [3.63, 3.8) is 0 Å². The molecule has 1 saturated heterocycles. The molecule has 0 amide bonds. The summed E-state index contributed by atoms with van der Waals surface area (Å²) >= 11 is 17.6. The number of sulfonamides is 1. The molecule has 20 heavy (non-hydrogen) atoms. The van der Waals surface area contributed by atoms with Crippen molar-refractivity contribution >= 4 is 50.8 Å². The standard InChI is InChI=1S/C11H10Cl3NO4S/c12-7-3-8(13)10(9(14)4-7)20(18,19)15-2-1-6(5-15)11(16)17/h3-4,6H,1-2,5H2,(H,16,17)/t6-/m1/s1. The van der Waals surface area contributed by atoms with Crippen LogP contribution in [0.15, 0.2) is 17.0 Å². The molecule has 1 aliphatic rings. The fourth-order valence-electron chi connectivity index (χ4n) is 2.05. The van der Waals surface area contributed by atoms with Crippen LogP contribution < -0.4 is 0 Å². The first kappa shape index (κ1) is 15.9. The molecular weight excluding hydrogens is 349 g/mol. The fourth-order valence-corrected chi connectivity index (χ4v) is 5.05.